The van der Waals surface area contributed by atoms with Crippen LogP contribution in [0.5, 0.6) is 11.5 Å². The third-order valence-electron chi connectivity index (χ3n) is 3.36. The topological polar surface area (TPSA) is 35.5 Å². The molecule has 0 aliphatic heterocycles. The minimum atomic E-state index is -4.46. The summed E-state index contributed by atoms with van der Waals surface area (Å²) in [5.74, 6) is -0.774. The van der Waals surface area contributed by atoms with Crippen molar-refractivity contribution in [3.63, 3.8) is 0 Å². The van der Waals surface area contributed by atoms with Gasteiger partial charge in [0.05, 0.1) is 28.3 Å². The number of benzene rings is 2. The lowest BCUT2D eigenvalue weighted by molar-refractivity contribution is -0.138. The molecule has 0 atom stereocenters. The van der Waals surface area contributed by atoms with Gasteiger partial charge in [-0.3, -0.25) is 0 Å². The van der Waals surface area contributed by atoms with Crippen molar-refractivity contribution in [3.8, 4) is 11.5 Å². The Balaban J connectivity index is 2.08. The van der Waals surface area contributed by atoms with Crippen LogP contribution in [0.15, 0.2) is 47.0 Å². The van der Waals surface area contributed by atoms with Crippen molar-refractivity contribution in [1.82, 2.24) is 0 Å². The summed E-state index contributed by atoms with van der Waals surface area (Å²) in [6.07, 6.45) is -3.64. The van der Waals surface area contributed by atoms with E-state index in [0.29, 0.717) is 0 Å². The lowest BCUT2D eigenvalue weighted by Gasteiger charge is -2.14. The average molecular weight is 474 g/mol. The molecule has 0 radical (unpaired) electrons. The zero-order chi connectivity index (χ0) is 20.9. The minimum Gasteiger partial charge on any atom is -0.490 e. The monoisotopic (exact) mass is 472 g/mol. The van der Waals surface area contributed by atoms with E-state index in [-0.39, 0.29) is 44.6 Å². The Hall–Kier alpha value is -1.60. The van der Waals surface area contributed by atoms with Crippen LogP contribution in [0.2, 0.25) is 10.0 Å². The number of hydrogen-bond acceptors (Lipinski definition) is 3. The average Bonchev–Trinajstić information content (AvgIpc) is 2.56. The Labute approximate surface area is 178 Å². The highest BCUT2D eigenvalue weighted by atomic mass is 35.5. The zero-order valence-corrected chi connectivity index (χ0v) is 16.8. The molecular formula is C18H11Cl4F3O3. The zero-order valence-electron chi connectivity index (χ0n) is 13.8. The second kappa shape index (κ2) is 9.74. The van der Waals surface area contributed by atoms with Crippen molar-refractivity contribution in [2.45, 2.75) is 12.6 Å². The molecule has 0 bridgehead atoms. The summed E-state index contributed by atoms with van der Waals surface area (Å²) in [4.78, 5) is 11.5. The summed E-state index contributed by atoms with van der Waals surface area (Å²) in [5, 5.41) is 0.0284. The Morgan fingerprint density at radius 3 is 2.25 bits per heavy atom. The van der Waals surface area contributed by atoms with Crippen molar-refractivity contribution < 1.29 is 27.4 Å². The van der Waals surface area contributed by atoms with E-state index >= 15 is 0 Å². The van der Waals surface area contributed by atoms with Crippen LogP contribution >= 0.6 is 46.4 Å². The number of rotatable bonds is 6. The van der Waals surface area contributed by atoms with Gasteiger partial charge in [0.1, 0.15) is 10.2 Å². The second-order valence-electron chi connectivity index (χ2n) is 5.32. The molecule has 150 valence electrons. The molecule has 0 N–H and O–H groups in total. The lowest BCUT2D eigenvalue weighted by Crippen LogP contribution is -2.11. The predicted molar refractivity (Wildman–Crippen MR) is 103 cm³/mol. The lowest BCUT2D eigenvalue weighted by atomic mass is 10.0. The summed E-state index contributed by atoms with van der Waals surface area (Å²) >= 11 is 22.8. The van der Waals surface area contributed by atoms with Gasteiger partial charge in [-0.2, -0.15) is 13.2 Å². The number of hydrogen-bond donors (Lipinski definition) is 0. The van der Waals surface area contributed by atoms with E-state index in [1.807, 2.05) is 0 Å². The molecule has 28 heavy (non-hydrogen) atoms. The smallest absolute Gasteiger partial charge is 0.416 e. The first-order valence-corrected chi connectivity index (χ1v) is 9.10. The summed E-state index contributed by atoms with van der Waals surface area (Å²) in [6.45, 7) is -0.101. The van der Waals surface area contributed by atoms with Crippen LogP contribution in [0.25, 0.3) is 0 Å². The molecular weight excluding hydrogens is 463 g/mol. The van der Waals surface area contributed by atoms with Gasteiger partial charge >= 0.3 is 12.1 Å². The largest absolute Gasteiger partial charge is 0.490 e. The molecule has 0 aromatic heterocycles. The van der Waals surface area contributed by atoms with E-state index in [4.69, 9.17) is 55.9 Å². The van der Waals surface area contributed by atoms with Gasteiger partial charge < -0.3 is 9.47 Å². The molecule has 0 aliphatic rings. The van der Waals surface area contributed by atoms with Gasteiger partial charge in [0, 0.05) is 18.6 Å². The first-order chi connectivity index (χ1) is 13.1. The molecule has 10 heteroatoms. The number of alkyl halides is 3. The molecule has 0 saturated carbocycles. The molecule has 2 rings (SSSR count). The highest BCUT2D eigenvalue weighted by Crippen LogP contribution is 2.37. The normalized spacial score (nSPS) is 11.1. The maximum Gasteiger partial charge on any atom is 0.416 e. The summed E-state index contributed by atoms with van der Waals surface area (Å²) in [5.41, 5.74) is -0.651. The van der Waals surface area contributed by atoms with Gasteiger partial charge in [0.25, 0.3) is 0 Å². The molecule has 3 nitrogen and oxygen atoms in total. The van der Waals surface area contributed by atoms with Crippen molar-refractivity contribution >= 4 is 52.4 Å². The maximum absolute atomic E-state index is 13.0. The SMILES string of the molecule is O=C(C=C(Cl)Cl)Oc1cc(Cl)c(OCCc2ccccc2C(F)(F)F)c(Cl)c1. The third kappa shape index (κ3) is 6.48. The summed E-state index contributed by atoms with van der Waals surface area (Å²) in [6, 6.07) is 7.72. The van der Waals surface area contributed by atoms with Crippen molar-refractivity contribution in [1.29, 1.82) is 0 Å². The molecule has 0 aliphatic carbocycles. The molecule has 0 spiro atoms. The van der Waals surface area contributed by atoms with E-state index in [1.165, 1.54) is 30.3 Å². The van der Waals surface area contributed by atoms with Crippen LogP contribution in [-0.2, 0) is 17.4 Å². The number of halogens is 7. The van der Waals surface area contributed by atoms with Crippen LogP contribution in [0, 0.1) is 0 Å². The van der Waals surface area contributed by atoms with Gasteiger partial charge in [-0.1, -0.05) is 64.6 Å². The van der Waals surface area contributed by atoms with Gasteiger partial charge in [-0.05, 0) is 11.6 Å². The van der Waals surface area contributed by atoms with Gasteiger partial charge in [0.2, 0.25) is 0 Å². The standard InChI is InChI=1S/C18H11Cl4F3O3/c19-13-7-11(28-16(26)9-15(21)22)8-14(20)17(13)27-6-5-10-3-1-2-4-12(10)18(23,24)25/h1-4,7-9H,5-6H2. The van der Waals surface area contributed by atoms with E-state index in [1.54, 1.807) is 0 Å². The van der Waals surface area contributed by atoms with Gasteiger partial charge in [-0.15, -0.1) is 0 Å². The third-order valence-corrected chi connectivity index (χ3v) is 4.14. The highest BCUT2D eigenvalue weighted by Gasteiger charge is 2.32. The van der Waals surface area contributed by atoms with Crippen LogP contribution in [0.3, 0.4) is 0 Å². The van der Waals surface area contributed by atoms with Crippen molar-refractivity contribution in [3.05, 3.63) is 68.1 Å². The number of carbonyl (C=O) groups is 1. The van der Waals surface area contributed by atoms with Crippen molar-refractivity contribution in [2.75, 3.05) is 6.61 Å². The van der Waals surface area contributed by atoms with E-state index in [9.17, 15) is 18.0 Å². The molecule has 2 aromatic rings. The fourth-order valence-corrected chi connectivity index (χ4v) is 3.00. The first-order valence-electron chi connectivity index (χ1n) is 7.59. The van der Waals surface area contributed by atoms with E-state index in [0.717, 1.165) is 12.1 Å². The predicted octanol–water partition coefficient (Wildman–Crippen LogP) is 6.86. The van der Waals surface area contributed by atoms with E-state index < -0.39 is 17.7 Å². The molecule has 0 saturated heterocycles. The fourth-order valence-electron chi connectivity index (χ4n) is 2.25. The number of ether oxygens (including phenoxy) is 2. The Bertz CT molecular complexity index is 871. The Morgan fingerprint density at radius 1 is 1.07 bits per heavy atom. The fraction of sp³-hybridized carbons (Fsp3) is 0.167. The van der Waals surface area contributed by atoms with E-state index in [2.05, 4.69) is 0 Å². The molecule has 0 heterocycles. The molecule has 0 unspecified atom stereocenters. The molecule has 2 aromatic carbocycles. The first kappa shape index (κ1) is 22.7. The molecule has 0 fully saturated rings. The highest BCUT2D eigenvalue weighted by molar-refractivity contribution is 6.56. The van der Waals surface area contributed by atoms with Gasteiger partial charge in [0.15, 0.2) is 5.75 Å². The Kier molecular flexibility index (Phi) is 7.89. The second-order valence-corrected chi connectivity index (χ2v) is 7.15. The number of carbonyl (C=O) groups excluding carboxylic acids is 1. The number of esters is 1. The Morgan fingerprint density at radius 2 is 1.68 bits per heavy atom. The maximum atomic E-state index is 13.0. The van der Waals surface area contributed by atoms with Crippen molar-refractivity contribution in [2.24, 2.45) is 0 Å². The van der Waals surface area contributed by atoms with Crippen LogP contribution < -0.4 is 9.47 Å². The quantitative estimate of drug-likeness (QED) is 0.261. The molecule has 0 amide bonds. The summed E-state index contributed by atoms with van der Waals surface area (Å²) < 4.78 is 49.1. The van der Waals surface area contributed by atoms with Crippen LogP contribution in [0.1, 0.15) is 11.1 Å². The van der Waals surface area contributed by atoms with Crippen LogP contribution in [0.4, 0.5) is 13.2 Å². The van der Waals surface area contributed by atoms with Crippen LogP contribution in [-0.4, -0.2) is 12.6 Å². The summed E-state index contributed by atoms with van der Waals surface area (Å²) in [7, 11) is 0. The van der Waals surface area contributed by atoms with Gasteiger partial charge in [-0.25, -0.2) is 4.79 Å². The minimum absolute atomic E-state index is 0.0142.